The summed E-state index contributed by atoms with van der Waals surface area (Å²) >= 11 is 6.22. The largest absolute Gasteiger partial charge is 0.371 e. The van der Waals surface area contributed by atoms with Crippen molar-refractivity contribution in [2.45, 2.75) is 25.2 Å². The number of ether oxygens (including phenoxy) is 2. The summed E-state index contributed by atoms with van der Waals surface area (Å²) in [5.41, 5.74) is 0.863. The third-order valence-electron chi connectivity index (χ3n) is 4.84. The van der Waals surface area contributed by atoms with Gasteiger partial charge >= 0.3 is 0 Å². The number of hydrogen-bond acceptors (Lipinski definition) is 6. The number of halogens is 1. The van der Waals surface area contributed by atoms with Crippen molar-refractivity contribution < 1.29 is 19.1 Å². The van der Waals surface area contributed by atoms with Crippen LogP contribution in [0.3, 0.4) is 0 Å². The van der Waals surface area contributed by atoms with E-state index < -0.39 is 0 Å². The molecule has 3 heterocycles. The van der Waals surface area contributed by atoms with Gasteiger partial charge in [0.25, 0.3) is 5.91 Å². The Hall–Kier alpha value is -2.49. The van der Waals surface area contributed by atoms with Crippen molar-refractivity contribution in [1.82, 2.24) is 19.7 Å². The lowest BCUT2D eigenvalue weighted by molar-refractivity contribution is -0.114. The van der Waals surface area contributed by atoms with Gasteiger partial charge in [-0.15, -0.1) is 0 Å². The predicted octanol–water partition coefficient (Wildman–Crippen LogP) is 1.37. The zero-order valence-electron chi connectivity index (χ0n) is 15.2. The van der Waals surface area contributed by atoms with Gasteiger partial charge < -0.3 is 19.7 Å². The number of fused-ring (bicyclic) bond motifs is 1. The fraction of sp³-hybridized carbons (Fsp3) is 0.444. The third-order valence-corrected chi connectivity index (χ3v) is 5.17. The Balaban J connectivity index is 1.44. The average molecular weight is 406 g/mol. The monoisotopic (exact) mass is 405 g/mol. The molecule has 148 valence electrons. The molecule has 10 heteroatoms. The minimum Gasteiger partial charge on any atom is -0.371 e. The molecular weight excluding hydrogens is 386 g/mol. The van der Waals surface area contributed by atoms with E-state index in [1.54, 1.807) is 34.1 Å². The first-order valence-electron chi connectivity index (χ1n) is 8.95. The van der Waals surface area contributed by atoms with Crippen molar-refractivity contribution >= 4 is 29.1 Å². The van der Waals surface area contributed by atoms with Crippen LogP contribution in [-0.2, 0) is 14.3 Å². The minimum absolute atomic E-state index is 0.0407. The first-order chi connectivity index (χ1) is 13.5. The molecule has 4 rings (SSSR count). The SMILES string of the molecule is CC(=O)Nc1ccc(Cl)c(C(=O)N2C[C@@H]3OCC(n4cncn4)CO[C@H]3C2)c1. The van der Waals surface area contributed by atoms with Crippen molar-refractivity contribution in [2.75, 3.05) is 31.6 Å². The van der Waals surface area contributed by atoms with Gasteiger partial charge in [0.2, 0.25) is 5.91 Å². The highest BCUT2D eigenvalue weighted by atomic mass is 35.5. The average Bonchev–Trinajstić information content (AvgIpc) is 3.30. The zero-order chi connectivity index (χ0) is 19.7. The van der Waals surface area contributed by atoms with Crippen LogP contribution in [-0.4, -0.2) is 70.0 Å². The molecular formula is C18H20ClN5O4. The Morgan fingerprint density at radius 3 is 2.54 bits per heavy atom. The van der Waals surface area contributed by atoms with Crippen LogP contribution in [0.1, 0.15) is 23.3 Å². The number of hydrogen-bond donors (Lipinski definition) is 1. The molecule has 0 bridgehead atoms. The lowest BCUT2D eigenvalue weighted by Gasteiger charge is -2.19. The molecule has 2 amide bonds. The number of likely N-dealkylation sites (tertiary alicyclic amines) is 1. The van der Waals surface area contributed by atoms with Crippen LogP contribution in [0.15, 0.2) is 30.9 Å². The van der Waals surface area contributed by atoms with E-state index in [9.17, 15) is 9.59 Å². The molecule has 0 spiro atoms. The number of anilines is 1. The molecule has 0 unspecified atom stereocenters. The molecule has 0 radical (unpaired) electrons. The van der Waals surface area contributed by atoms with Crippen LogP contribution in [0.4, 0.5) is 5.69 Å². The van der Waals surface area contributed by atoms with Gasteiger partial charge in [-0.1, -0.05) is 11.6 Å². The molecule has 1 aromatic heterocycles. The number of nitrogens with zero attached hydrogens (tertiary/aromatic N) is 4. The van der Waals surface area contributed by atoms with Crippen molar-refractivity contribution in [3.63, 3.8) is 0 Å². The van der Waals surface area contributed by atoms with Crippen LogP contribution in [0.2, 0.25) is 5.02 Å². The Labute approximate surface area is 166 Å². The fourth-order valence-electron chi connectivity index (χ4n) is 3.45. The molecule has 2 saturated heterocycles. The Morgan fingerprint density at radius 1 is 1.21 bits per heavy atom. The maximum atomic E-state index is 13.0. The van der Waals surface area contributed by atoms with Crippen LogP contribution in [0, 0.1) is 0 Å². The maximum Gasteiger partial charge on any atom is 0.255 e. The fourth-order valence-corrected chi connectivity index (χ4v) is 3.65. The summed E-state index contributed by atoms with van der Waals surface area (Å²) in [5, 5.41) is 7.13. The van der Waals surface area contributed by atoms with E-state index in [4.69, 9.17) is 21.1 Å². The first kappa shape index (κ1) is 18.9. The van der Waals surface area contributed by atoms with Gasteiger partial charge in [-0.3, -0.25) is 9.59 Å². The number of rotatable bonds is 3. The highest BCUT2D eigenvalue weighted by molar-refractivity contribution is 6.34. The normalized spacial score (nSPS) is 22.6. The summed E-state index contributed by atoms with van der Waals surface area (Å²) in [6, 6.07) is 4.80. The summed E-state index contributed by atoms with van der Waals surface area (Å²) in [6.07, 6.45) is 2.69. The Morgan fingerprint density at radius 2 is 1.93 bits per heavy atom. The van der Waals surface area contributed by atoms with Gasteiger partial charge in [-0.2, -0.15) is 5.10 Å². The molecule has 1 N–H and O–H groups in total. The second-order valence-electron chi connectivity index (χ2n) is 6.86. The lowest BCUT2D eigenvalue weighted by atomic mass is 10.1. The molecule has 2 atom stereocenters. The van der Waals surface area contributed by atoms with Gasteiger partial charge in [-0.05, 0) is 18.2 Å². The topological polar surface area (TPSA) is 98.6 Å². The molecule has 0 aliphatic carbocycles. The molecule has 2 aliphatic heterocycles. The van der Waals surface area contributed by atoms with Crippen LogP contribution in [0.25, 0.3) is 0 Å². The van der Waals surface area contributed by atoms with Crippen LogP contribution in [0.5, 0.6) is 0 Å². The molecule has 1 aromatic carbocycles. The number of benzene rings is 1. The number of amides is 2. The van der Waals surface area contributed by atoms with E-state index in [1.807, 2.05) is 0 Å². The molecule has 28 heavy (non-hydrogen) atoms. The summed E-state index contributed by atoms with van der Waals surface area (Å²) in [4.78, 5) is 29.9. The standard InChI is InChI=1S/C18H20ClN5O4/c1-11(25)22-12-2-3-15(19)14(4-12)18(26)23-5-16-17(6-23)28-8-13(7-27-16)24-10-20-9-21-24/h2-4,9-10,13,16-17H,5-8H2,1H3,(H,22,25)/t16-,17-/m0/s1. The zero-order valence-corrected chi connectivity index (χ0v) is 16.0. The summed E-state index contributed by atoms with van der Waals surface area (Å²) < 4.78 is 13.7. The van der Waals surface area contributed by atoms with Gasteiger partial charge in [-0.25, -0.2) is 9.67 Å². The van der Waals surface area contributed by atoms with E-state index >= 15 is 0 Å². The van der Waals surface area contributed by atoms with Gasteiger partial charge in [0.1, 0.15) is 30.9 Å². The van der Waals surface area contributed by atoms with Crippen molar-refractivity contribution in [2.24, 2.45) is 0 Å². The third kappa shape index (κ3) is 3.87. The summed E-state index contributed by atoms with van der Waals surface area (Å²) in [5.74, 6) is -0.432. The molecule has 2 aromatic rings. The van der Waals surface area contributed by atoms with E-state index in [1.165, 1.54) is 13.3 Å². The molecule has 9 nitrogen and oxygen atoms in total. The quantitative estimate of drug-likeness (QED) is 0.828. The minimum atomic E-state index is -0.217. The molecule has 0 saturated carbocycles. The van der Waals surface area contributed by atoms with Crippen LogP contribution < -0.4 is 5.32 Å². The summed E-state index contributed by atoms with van der Waals surface area (Å²) in [7, 11) is 0. The second kappa shape index (κ2) is 7.86. The number of carbonyl (C=O) groups is 2. The van der Waals surface area contributed by atoms with Crippen molar-refractivity contribution in [1.29, 1.82) is 0 Å². The number of carbonyl (C=O) groups excluding carboxylic acids is 2. The lowest BCUT2D eigenvalue weighted by Crippen LogP contribution is -2.31. The number of nitrogens with one attached hydrogen (secondary N) is 1. The second-order valence-corrected chi connectivity index (χ2v) is 7.27. The van der Waals surface area contributed by atoms with Gasteiger partial charge in [0, 0.05) is 25.7 Å². The summed E-state index contributed by atoms with van der Waals surface area (Å²) in [6.45, 7) is 3.10. The van der Waals surface area contributed by atoms with E-state index in [2.05, 4.69) is 15.4 Å². The van der Waals surface area contributed by atoms with E-state index in [-0.39, 0.29) is 30.1 Å². The molecule has 2 fully saturated rings. The van der Waals surface area contributed by atoms with E-state index in [0.717, 1.165) is 0 Å². The van der Waals surface area contributed by atoms with Gasteiger partial charge in [0.15, 0.2) is 0 Å². The Kier molecular flexibility index (Phi) is 5.29. The van der Waals surface area contributed by atoms with Gasteiger partial charge in [0.05, 0.1) is 23.8 Å². The Bertz CT molecular complexity index is 859. The first-order valence-corrected chi connectivity index (χ1v) is 9.33. The molecule has 2 aliphatic rings. The van der Waals surface area contributed by atoms with Crippen LogP contribution >= 0.6 is 11.6 Å². The number of aromatic nitrogens is 3. The highest BCUT2D eigenvalue weighted by Gasteiger charge is 2.40. The predicted molar refractivity (Wildman–Crippen MR) is 100 cm³/mol. The van der Waals surface area contributed by atoms with Crippen molar-refractivity contribution in [3.8, 4) is 0 Å². The smallest absolute Gasteiger partial charge is 0.255 e. The van der Waals surface area contributed by atoms with E-state index in [0.29, 0.717) is 42.6 Å². The highest BCUT2D eigenvalue weighted by Crippen LogP contribution is 2.27. The van der Waals surface area contributed by atoms with Crippen molar-refractivity contribution in [3.05, 3.63) is 41.4 Å². The maximum absolute atomic E-state index is 13.0.